The van der Waals surface area contributed by atoms with E-state index in [0.717, 1.165) is 15.8 Å². The van der Waals surface area contributed by atoms with Crippen molar-refractivity contribution in [3.8, 4) is 11.5 Å². The molecule has 0 aliphatic heterocycles. The van der Waals surface area contributed by atoms with E-state index in [2.05, 4.69) is 10.3 Å². The van der Waals surface area contributed by atoms with Crippen molar-refractivity contribution in [1.29, 1.82) is 0 Å². The first-order chi connectivity index (χ1) is 11.6. The van der Waals surface area contributed by atoms with Gasteiger partial charge in [0.25, 0.3) is 0 Å². The lowest BCUT2D eigenvalue weighted by atomic mass is 10.1. The smallest absolute Gasteiger partial charge is 0.230 e. The van der Waals surface area contributed by atoms with Crippen LogP contribution in [0.2, 0.25) is 0 Å². The van der Waals surface area contributed by atoms with Gasteiger partial charge in [0, 0.05) is 0 Å². The van der Waals surface area contributed by atoms with Gasteiger partial charge in [-0.3, -0.25) is 4.79 Å². The molecule has 1 amide bonds. The molecule has 0 unspecified atom stereocenters. The molecule has 124 valence electrons. The van der Waals surface area contributed by atoms with Gasteiger partial charge in [-0.2, -0.15) is 0 Å². The van der Waals surface area contributed by atoms with Crippen LogP contribution in [-0.4, -0.2) is 25.1 Å². The summed E-state index contributed by atoms with van der Waals surface area (Å²) in [6, 6.07) is 11.5. The van der Waals surface area contributed by atoms with Gasteiger partial charge in [0.1, 0.15) is 21.7 Å². The molecule has 6 heteroatoms. The van der Waals surface area contributed by atoms with E-state index in [9.17, 15) is 4.79 Å². The molecule has 24 heavy (non-hydrogen) atoms. The van der Waals surface area contributed by atoms with Crippen molar-refractivity contribution in [2.75, 3.05) is 19.5 Å². The largest absolute Gasteiger partial charge is 0.495 e. The second-order valence-corrected chi connectivity index (χ2v) is 6.38. The Kier molecular flexibility index (Phi) is 4.66. The summed E-state index contributed by atoms with van der Waals surface area (Å²) in [7, 11) is 3.20. The van der Waals surface area contributed by atoms with Crippen LogP contribution < -0.4 is 14.8 Å². The fourth-order valence-corrected chi connectivity index (χ4v) is 3.50. The molecule has 3 rings (SSSR count). The van der Waals surface area contributed by atoms with Gasteiger partial charge in [-0.1, -0.05) is 41.2 Å². The van der Waals surface area contributed by atoms with E-state index in [1.807, 2.05) is 37.3 Å². The summed E-state index contributed by atoms with van der Waals surface area (Å²) in [5.74, 6) is 1.27. The average molecular weight is 342 g/mol. The first-order valence-corrected chi connectivity index (χ1v) is 8.29. The normalized spacial score (nSPS) is 10.6. The van der Waals surface area contributed by atoms with E-state index >= 15 is 0 Å². The fraction of sp³-hybridized carbons (Fsp3) is 0.222. The number of thiazole rings is 1. The standard InChI is InChI=1S/C18H18N2O3S/c1-11-5-4-6-12(9-11)10-15(21)19-18-20-16-13(22-2)7-8-14(23-3)17(16)24-18/h4-9H,10H2,1-3H3,(H,19,20,21). The number of fused-ring (bicyclic) bond motifs is 1. The van der Waals surface area contributed by atoms with Crippen molar-refractivity contribution in [3.63, 3.8) is 0 Å². The summed E-state index contributed by atoms with van der Waals surface area (Å²) in [4.78, 5) is 16.7. The number of nitrogens with one attached hydrogen (secondary N) is 1. The molecule has 0 aliphatic carbocycles. The van der Waals surface area contributed by atoms with E-state index in [-0.39, 0.29) is 5.91 Å². The Morgan fingerprint density at radius 3 is 2.62 bits per heavy atom. The second-order valence-electron chi connectivity index (χ2n) is 5.38. The number of benzene rings is 2. The SMILES string of the molecule is COc1ccc(OC)c2sc(NC(=O)Cc3cccc(C)c3)nc12. The van der Waals surface area contributed by atoms with Crippen molar-refractivity contribution in [2.45, 2.75) is 13.3 Å². The highest BCUT2D eigenvalue weighted by Crippen LogP contribution is 2.38. The minimum atomic E-state index is -0.0995. The molecule has 0 spiro atoms. The van der Waals surface area contributed by atoms with E-state index in [1.165, 1.54) is 11.3 Å². The molecule has 1 aromatic heterocycles. The first-order valence-electron chi connectivity index (χ1n) is 7.47. The molecular formula is C18H18N2O3S. The summed E-state index contributed by atoms with van der Waals surface area (Å²) >= 11 is 1.37. The zero-order chi connectivity index (χ0) is 17.1. The third kappa shape index (κ3) is 3.33. The number of hydrogen-bond donors (Lipinski definition) is 1. The van der Waals surface area contributed by atoms with Crippen molar-refractivity contribution >= 4 is 32.6 Å². The summed E-state index contributed by atoms with van der Waals surface area (Å²) in [5, 5.41) is 3.39. The minimum absolute atomic E-state index is 0.0995. The molecule has 1 heterocycles. The molecule has 0 aliphatic rings. The second kappa shape index (κ2) is 6.88. The van der Waals surface area contributed by atoms with Crippen molar-refractivity contribution in [1.82, 2.24) is 4.98 Å². The Morgan fingerprint density at radius 2 is 1.92 bits per heavy atom. The number of rotatable bonds is 5. The Labute approximate surface area is 144 Å². The lowest BCUT2D eigenvalue weighted by Crippen LogP contribution is -2.14. The van der Waals surface area contributed by atoms with Crippen LogP contribution in [0.1, 0.15) is 11.1 Å². The van der Waals surface area contributed by atoms with Gasteiger partial charge in [-0.15, -0.1) is 0 Å². The number of aromatic nitrogens is 1. The van der Waals surface area contributed by atoms with Crippen molar-refractivity contribution in [3.05, 3.63) is 47.5 Å². The Morgan fingerprint density at radius 1 is 1.17 bits per heavy atom. The van der Waals surface area contributed by atoms with Crippen LogP contribution in [0.3, 0.4) is 0 Å². The van der Waals surface area contributed by atoms with Gasteiger partial charge >= 0.3 is 0 Å². The van der Waals surface area contributed by atoms with Gasteiger partial charge in [0.2, 0.25) is 5.91 Å². The lowest BCUT2D eigenvalue weighted by Gasteiger charge is -2.03. The molecule has 0 saturated carbocycles. The van der Waals surface area contributed by atoms with Crippen LogP contribution in [-0.2, 0) is 11.2 Å². The predicted molar refractivity (Wildman–Crippen MR) is 96.2 cm³/mol. The summed E-state index contributed by atoms with van der Waals surface area (Å²) in [6.07, 6.45) is 0.311. The molecule has 0 saturated heterocycles. The molecule has 0 atom stereocenters. The zero-order valence-corrected chi connectivity index (χ0v) is 14.6. The number of hydrogen-bond acceptors (Lipinski definition) is 5. The highest BCUT2D eigenvalue weighted by Gasteiger charge is 2.15. The third-order valence-electron chi connectivity index (χ3n) is 3.60. The van der Waals surface area contributed by atoms with Crippen LogP contribution in [0.15, 0.2) is 36.4 Å². The molecule has 2 aromatic carbocycles. The van der Waals surface area contributed by atoms with Crippen molar-refractivity contribution in [2.24, 2.45) is 0 Å². The third-order valence-corrected chi connectivity index (χ3v) is 4.59. The summed E-state index contributed by atoms with van der Waals surface area (Å²) in [6.45, 7) is 2.01. The quantitative estimate of drug-likeness (QED) is 0.766. The van der Waals surface area contributed by atoms with Crippen LogP contribution in [0, 0.1) is 6.92 Å². The minimum Gasteiger partial charge on any atom is -0.495 e. The maximum Gasteiger partial charge on any atom is 0.230 e. The number of nitrogens with zero attached hydrogens (tertiary/aromatic N) is 1. The fourth-order valence-electron chi connectivity index (χ4n) is 2.51. The van der Waals surface area contributed by atoms with Gasteiger partial charge in [-0.25, -0.2) is 4.98 Å². The maximum atomic E-state index is 12.3. The zero-order valence-electron chi connectivity index (χ0n) is 13.8. The average Bonchev–Trinajstić information content (AvgIpc) is 2.97. The van der Waals surface area contributed by atoms with Crippen LogP contribution in [0.4, 0.5) is 5.13 Å². The lowest BCUT2D eigenvalue weighted by molar-refractivity contribution is -0.115. The van der Waals surface area contributed by atoms with Crippen molar-refractivity contribution < 1.29 is 14.3 Å². The Hall–Kier alpha value is -2.60. The Bertz CT molecular complexity index is 848. The molecule has 1 N–H and O–H groups in total. The number of ether oxygens (including phenoxy) is 2. The highest BCUT2D eigenvalue weighted by atomic mass is 32.1. The number of aryl methyl sites for hydroxylation is 1. The summed E-state index contributed by atoms with van der Waals surface area (Å²) in [5.41, 5.74) is 2.80. The highest BCUT2D eigenvalue weighted by molar-refractivity contribution is 7.22. The van der Waals surface area contributed by atoms with Gasteiger partial charge < -0.3 is 14.8 Å². The molecule has 0 radical (unpaired) electrons. The van der Waals surface area contributed by atoms with E-state index in [0.29, 0.717) is 28.6 Å². The number of carbonyl (C=O) groups excluding carboxylic acids is 1. The van der Waals surface area contributed by atoms with E-state index in [1.54, 1.807) is 20.3 Å². The predicted octanol–water partition coefficient (Wildman–Crippen LogP) is 3.80. The number of anilines is 1. The number of methoxy groups -OCH3 is 2. The van der Waals surface area contributed by atoms with E-state index < -0.39 is 0 Å². The molecule has 0 fully saturated rings. The monoisotopic (exact) mass is 342 g/mol. The topological polar surface area (TPSA) is 60.5 Å². The molecular weight excluding hydrogens is 324 g/mol. The van der Waals surface area contributed by atoms with Crippen LogP contribution in [0.25, 0.3) is 10.2 Å². The van der Waals surface area contributed by atoms with Gasteiger partial charge in [0.05, 0.1) is 20.6 Å². The van der Waals surface area contributed by atoms with Crippen LogP contribution in [0.5, 0.6) is 11.5 Å². The molecule has 0 bridgehead atoms. The number of carbonyl (C=O) groups is 1. The van der Waals surface area contributed by atoms with Gasteiger partial charge in [0.15, 0.2) is 5.13 Å². The summed E-state index contributed by atoms with van der Waals surface area (Å²) < 4.78 is 11.5. The first kappa shape index (κ1) is 16.3. The van der Waals surface area contributed by atoms with Crippen LogP contribution >= 0.6 is 11.3 Å². The van der Waals surface area contributed by atoms with E-state index in [4.69, 9.17) is 9.47 Å². The Balaban J connectivity index is 1.83. The molecule has 5 nitrogen and oxygen atoms in total. The number of amides is 1. The molecule has 3 aromatic rings. The maximum absolute atomic E-state index is 12.3. The van der Waals surface area contributed by atoms with Gasteiger partial charge in [-0.05, 0) is 24.6 Å².